The van der Waals surface area contributed by atoms with Crippen LogP contribution in [0.2, 0.25) is 0 Å². The predicted octanol–water partition coefficient (Wildman–Crippen LogP) is 2.91. The van der Waals surface area contributed by atoms with Crippen LogP contribution in [0, 0.1) is 17.8 Å². The number of methoxy groups -OCH3 is 2. The van der Waals surface area contributed by atoms with Crippen LogP contribution in [0.4, 0.5) is 0 Å². The molecule has 16 heavy (non-hydrogen) atoms. The van der Waals surface area contributed by atoms with Crippen molar-refractivity contribution in [3.05, 3.63) is 24.0 Å². The minimum Gasteiger partial charge on any atom is -0.501 e. The quantitative estimate of drug-likeness (QED) is 0.666. The van der Waals surface area contributed by atoms with Gasteiger partial charge in [-0.25, -0.2) is 0 Å². The van der Waals surface area contributed by atoms with E-state index in [1.807, 2.05) is 7.11 Å². The van der Waals surface area contributed by atoms with Gasteiger partial charge < -0.3 is 9.47 Å². The van der Waals surface area contributed by atoms with Crippen LogP contribution in [-0.4, -0.2) is 19.8 Å². The summed E-state index contributed by atoms with van der Waals surface area (Å²) in [4.78, 5) is 0. The third-order valence-electron chi connectivity index (χ3n) is 4.80. The maximum atomic E-state index is 5.84. The minimum atomic E-state index is -0.0381. The summed E-state index contributed by atoms with van der Waals surface area (Å²) in [5, 5.41) is 0. The average Bonchev–Trinajstić information content (AvgIpc) is 2.39. The van der Waals surface area contributed by atoms with Crippen molar-refractivity contribution in [1.29, 1.82) is 0 Å². The molecule has 2 bridgehead atoms. The van der Waals surface area contributed by atoms with Crippen molar-refractivity contribution in [1.82, 2.24) is 0 Å². The van der Waals surface area contributed by atoms with Gasteiger partial charge in [0.05, 0.1) is 18.5 Å². The Kier molecular flexibility index (Phi) is 2.36. The smallest absolute Gasteiger partial charge is 0.0925 e. The van der Waals surface area contributed by atoms with E-state index in [9.17, 15) is 0 Å². The first-order valence-electron chi connectivity index (χ1n) is 6.28. The SMILES string of the molecule is COC1=C[C@@H]2[C@H](CC1)[C@H]1C=C[C@]2(OC)CC1. The fourth-order valence-corrected chi connectivity index (χ4v) is 3.85. The fraction of sp³-hybridized carbons (Fsp3) is 0.714. The lowest BCUT2D eigenvalue weighted by Gasteiger charge is -2.52. The van der Waals surface area contributed by atoms with Crippen LogP contribution in [0.15, 0.2) is 24.0 Å². The average molecular weight is 220 g/mol. The Labute approximate surface area is 97.3 Å². The van der Waals surface area contributed by atoms with Gasteiger partial charge in [-0.05, 0) is 37.2 Å². The lowest BCUT2D eigenvalue weighted by molar-refractivity contribution is -0.0783. The standard InChI is InChI=1S/C14H20O2/c1-15-11-3-4-12-10-5-7-14(16-2,8-6-10)13(12)9-11/h5,7,9-10,12-13H,3-4,6,8H2,1-2H3/t10-,12+,13+,14-/m0/s1. The van der Waals surface area contributed by atoms with E-state index in [2.05, 4.69) is 18.2 Å². The van der Waals surface area contributed by atoms with E-state index in [4.69, 9.17) is 9.47 Å². The molecule has 4 atom stereocenters. The van der Waals surface area contributed by atoms with E-state index in [1.54, 1.807) is 7.11 Å². The number of allylic oxidation sites excluding steroid dienone is 2. The van der Waals surface area contributed by atoms with Crippen LogP contribution in [0.25, 0.3) is 0 Å². The second-order valence-corrected chi connectivity index (χ2v) is 5.29. The maximum Gasteiger partial charge on any atom is 0.0925 e. The molecule has 88 valence electrons. The Morgan fingerprint density at radius 3 is 2.81 bits per heavy atom. The molecule has 0 radical (unpaired) electrons. The van der Waals surface area contributed by atoms with Crippen molar-refractivity contribution < 1.29 is 9.47 Å². The van der Waals surface area contributed by atoms with Crippen molar-refractivity contribution in [2.24, 2.45) is 17.8 Å². The molecule has 0 aromatic rings. The Balaban J connectivity index is 1.99. The van der Waals surface area contributed by atoms with Gasteiger partial charge in [0, 0.05) is 19.4 Å². The molecule has 4 rings (SSSR count). The zero-order valence-electron chi connectivity index (χ0n) is 10.1. The van der Waals surface area contributed by atoms with E-state index < -0.39 is 0 Å². The number of rotatable bonds is 2. The van der Waals surface area contributed by atoms with Gasteiger partial charge in [-0.1, -0.05) is 12.2 Å². The van der Waals surface area contributed by atoms with Gasteiger partial charge in [-0.2, -0.15) is 0 Å². The molecular weight excluding hydrogens is 200 g/mol. The molecule has 0 unspecified atom stereocenters. The lowest BCUT2D eigenvalue weighted by Crippen LogP contribution is -2.51. The highest BCUT2D eigenvalue weighted by molar-refractivity contribution is 5.25. The topological polar surface area (TPSA) is 18.5 Å². The fourth-order valence-electron chi connectivity index (χ4n) is 3.85. The highest BCUT2D eigenvalue weighted by Crippen LogP contribution is 2.53. The van der Waals surface area contributed by atoms with Crippen LogP contribution in [0.5, 0.6) is 0 Å². The van der Waals surface area contributed by atoms with Crippen LogP contribution in [-0.2, 0) is 9.47 Å². The lowest BCUT2D eigenvalue weighted by atomic mass is 9.57. The number of hydrogen-bond acceptors (Lipinski definition) is 2. The van der Waals surface area contributed by atoms with Gasteiger partial charge in [0.25, 0.3) is 0 Å². The predicted molar refractivity (Wildman–Crippen MR) is 62.9 cm³/mol. The third-order valence-corrected chi connectivity index (χ3v) is 4.80. The molecule has 0 saturated heterocycles. The first kappa shape index (κ1) is 10.4. The van der Waals surface area contributed by atoms with Crippen molar-refractivity contribution in [2.45, 2.75) is 31.3 Å². The number of fused-ring (bicyclic) bond motifs is 1. The van der Waals surface area contributed by atoms with Gasteiger partial charge in [0.1, 0.15) is 0 Å². The molecule has 0 heterocycles. The van der Waals surface area contributed by atoms with Crippen molar-refractivity contribution >= 4 is 0 Å². The number of ether oxygens (including phenoxy) is 2. The minimum absolute atomic E-state index is 0.0381. The Morgan fingerprint density at radius 1 is 1.31 bits per heavy atom. The monoisotopic (exact) mass is 220 g/mol. The van der Waals surface area contributed by atoms with E-state index in [0.29, 0.717) is 5.92 Å². The second-order valence-electron chi connectivity index (χ2n) is 5.29. The van der Waals surface area contributed by atoms with Crippen LogP contribution >= 0.6 is 0 Å². The first-order valence-corrected chi connectivity index (χ1v) is 6.28. The highest BCUT2D eigenvalue weighted by atomic mass is 16.5. The van der Waals surface area contributed by atoms with E-state index in [0.717, 1.165) is 24.0 Å². The van der Waals surface area contributed by atoms with Gasteiger partial charge in [-0.15, -0.1) is 0 Å². The van der Waals surface area contributed by atoms with Gasteiger partial charge in [0.2, 0.25) is 0 Å². The molecule has 4 aliphatic carbocycles. The molecular formula is C14H20O2. The van der Waals surface area contributed by atoms with Crippen LogP contribution in [0.3, 0.4) is 0 Å². The molecule has 0 amide bonds. The van der Waals surface area contributed by atoms with Crippen LogP contribution < -0.4 is 0 Å². The highest BCUT2D eigenvalue weighted by Gasteiger charge is 2.50. The zero-order valence-corrected chi connectivity index (χ0v) is 10.1. The molecule has 4 aliphatic rings. The van der Waals surface area contributed by atoms with Gasteiger partial charge in [-0.3, -0.25) is 0 Å². The van der Waals surface area contributed by atoms with Crippen molar-refractivity contribution in [3.8, 4) is 0 Å². The number of hydrogen-bond donors (Lipinski definition) is 0. The molecule has 2 nitrogen and oxygen atoms in total. The van der Waals surface area contributed by atoms with E-state index in [1.165, 1.54) is 19.3 Å². The molecule has 0 aromatic carbocycles. The third kappa shape index (κ3) is 1.29. The molecule has 0 spiro atoms. The van der Waals surface area contributed by atoms with Gasteiger partial charge >= 0.3 is 0 Å². The Hall–Kier alpha value is -0.760. The largest absolute Gasteiger partial charge is 0.501 e. The van der Waals surface area contributed by atoms with Crippen LogP contribution in [0.1, 0.15) is 25.7 Å². The normalized spacial score (nSPS) is 45.1. The summed E-state index contributed by atoms with van der Waals surface area (Å²) in [7, 11) is 3.63. The van der Waals surface area contributed by atoms with Crippen molar-refractivity contribution in [3.63, 3.8) is 0 Å². The summed E-state index contributed by atoms with van der Waals surface area (Å²) < 4.78 is 11.3. The molecule has 0 N–H and O–H groups in total. The molecule has 0 aliphatic heterocycles. The molecule has 2 heteroatoms. The summed E-state index contributed by atoms with van der Waals surface area (Å²) >= 11 is 0. The Morgan fingerprint density at radius 2 is 2.19 bits per heavy atom. The Bertz CT molecular complexity index is 345. The summed E-state index contributed by atoms with van der Waals surface area (Å²) in [6.45, 7) is 0. The van der Waals surface area contributed by atoms with Gasteiger partial charge in [0.15, 0.2) is 0 Å². The molecule has 1 fully saturated rings. The summed E-state index contributed by atoms with van der Waals surface area (Å²) in [6.07, 6.45) is 11.8. The summed E-state index contributed by atoms with van der Waals surface area (Å²) in [5.74, 6) is 3.23. The maximum absolute atomic E-state index is 5.84. The zero-order chi connectivity index (χ0) is 11.2. The van der Waals surface area contributed by atoms with E-state index in [-0.39, 0.29) is 5.60 Å². The summed E-state index contributed by atoms with van der Waals surface area (Å²) in [5.41, 5.74) is -0.0381. The van der Waals surface area contributed by atoms with E-state index >= 15 is 0 Å². The molecule has 0 aromatic heterocycles. The van der Waals surface area contributed by atoms with Crippen molar-refractivity contribution in [2.75, 3.05) is 14.2 Å². The summed E-state index contributed by atoms with van der Waals surface area (Å²) in [6, 6.07) is 0. The molecule has 1 saturated carbocycles. The first-order chi connectivity index (χ1) is 7.79. The second kappa shape index (κ2) is 3.63.